The van der Waals surface area contributed by atoms with E-state index in [-0.39, 0.29) is 5.54 Å². The lowest BCUT2D eigenvalue weighted by Gasteiger charge is -2.59. The maximum Gasteiger partial charge on any atom is 0.254 e. The second-order valence-corrected chi connectivity index (χ2v) is 8.39. The highest BCUT2D eigenvalue weighted by molar-refractivity contribution is 5.98. The van der Waals surface area contributed by atoms with E-state index in [0.717, 1.165) is 31.5 Å². The Hall–Kier alpha value is -1.35. The third-order valence-corrected chi connectivity index (χ3v) is 7.48. The van der Waals surface area contributed by atoms with Gasteiger partial charge >= 0.3 is 0 Å². The van der Waals surface area contributed by atoms with Crippen LogP contribution in [0.25, 0.3) is 0 Å². The summed E-state index contributed by atoms with van der Waals surface area (Å²) in [5.74, 6) is 1.59. The number of aryl methyl sites for hydroxylation is 1. The van der Waals surface area contributed by atoms with Crippen molar-refractivity contribution in [3.05, 3.63) is 34.9 Å². The molecule has 0 saturated carbocycles. The Morgan fingerprint density at radius 3 is 2.75 bits per heavy atom. The van der Waals surface area contributed by atoms with Crippen LogP contribution in [0.2, 0.25) is 0 Å². The van der Waals surface area contributed by atoms with Crippen molar-refractivity contribution in [3.8, 4) is 0 Å². The van der Waals surface area contributed by atoms with E-state index < -0.39 is 0 Å². The van der Waals surface area contributed by atoms with Crippen LogP contribution in [-0.4, -0.2) is 47.4 Å². The van der Waals surface area contributed by atoms with Gasteiger partial charge < -0.3 is 9.80 Å². The minimum absolute atomic E-state index is 0.0821. The van der Waals surface area contributed by atoms with Gasteiger partial charge in [0.15, 0.2) is 0 Å². The third-order valence-electron chi connectivity index (χ3n) is 7.48. The van der Waals surface area contributed by atoms with Gasteiger partial charge in [-0.1, -0.05) is 19.1 Å². The maximum absolute atomic E-state index is 13.5. The molecule has 3 heteroatoms. The largest absolute Gasteiger partial charge is 0.331 e. The van der Waals surface area contributed by atoms with E-state index in [1.165, 1.54) is 49.9 Å². The molecule has 3 nitrogen and oxygen atoms in total. The van der Waals surface area contributed by atoms with Gasteiger partial charge in [-0.2, -0.15) is 0 Å². The number of piperidine rings is 3. The Morgan fingerprint density at radius 1 is 1.21 bits per heavy atom. The highest BCUT2D eigenvalue weighted by Crippen LogP contribution is 2.47. The standard InChI is InChI=1S/C21H28N2O/c1-2-21(14-22-11-9-17(21)10-12-22)23-13-16-7-3-5-15-6-4-8-18(19(15)16)20(23)24/h4,6,8,16-17H,2-3,5,7,9-14H2,1H3/t16-,21-/m1/s1. The summed E-state index contributed by atoms with van der Waals surface area (Å²) in [5.41, 5.74) is 3.94. The third kappa shape index (κ3) is 1.91. The Labute approximate surface area is 145 Å². The molecule has 6 rings (SSSR count). The second kappa shape index (κ2) is 5.32. The van der Waals surface area contributed by atoms with E-state index in [1.54, 1.807) is 0 Å². The SMILES string of the molecule is CC[C@@]1(N2C[C@H]3CCCc4cccc(c43)C2=O)CN2CCC1CC2. The molecule has 3 fully saturated rings. The summed E-state index contributed by atoms with van der Waals surface area (Å²) >= 11 is 0. The summed E-state index contributed by atoms with van der Waals surface area (Å²) in [6.45, 7) is 6.84. The summed E-state index contributed by atoms with van der Waals surface area (Å²) < 4.78 is 0. The molecule has 0 N–H and O–H groups in total. The second-order valence-electron chi connectivity index (χ2n) is 8.39. The fraction of sp³-hybridized carbons (Fsp3) is 0.667. The zero-order valence-electron chi connectivity index (χ0n) is 14.8. The van der Waals surface area contributed by atoms with Gasteiger partial charge in [-0.15, -0.1) is 0 Å². The van der Waals surface area contributed by atoms with Crippen molar-refractivity contribution < 1.29 is 4.79 Å². The van der Waals surface area contributed by atoms with Crippen LogP contribution in [0.15, 0.2) is 18.2 Å². The van der Waals surface area contributed by atoms with Gasteiger partial charge in [-0.3, -0.25) is 4.79 Å². The van der Waals surface area contributed by atoms with Crippen LogP contribution in [0, 0.1) is 5.92 Å². The van der Waals surface area contributed by atoms with Crippen LogP contribution in [0.3, 0.4) is 0 Å². The van der Waals surface area contributed by atoms with E-state index in [9.17, 15) is 4.79 Å². The number of benzene rings is 1. The zero-order chi connectivity index (χ0) is 16.3. The Balaban J connectivity index is 1.59. The molecule has 1 aliphatic carbocycles. The lowest BCUT2D eigenvalue weighted by Crippen LogP contribution is -2.69. The first-order valence-corrected chi connectivity index (χ1v) is 9.89. The first kappa shape index (κ1) is 14.9. The van der Waals surface area contributed by atoms with Gasteiger partial charge in [0.05, 0.1) is 5.54 Å². The lowest BCUT2D eigenvalue weighted by atomic mass is 9.68. The Bertz CT molecular complexity index is 676. The number of hydrogen-bond donors (Lipinski definition) is 0. The quantitative estimate of drug-likeness (QED) is 0.832. The topological polar surface area (TPSA) is 23.6 Å². The molecule has 4 heterocycles. The van der Waals surface area contributed by atoms with Gasteiger partial charge in [0.25, 0.3) is 5.91 Å². The van der Waals surface area contributed by atoms with Crippen molar-refractivity contribution in [2.75, 3.05) is 26.2 Å². The minimum atomic E-state index is 0.0821. The molecular formula is C21H28N2O. The van der Waals surface area contributed by atoms with Gasteiger partial charge in [0.1, 0.15) is 0 Å². The molecule has 4 aliphatic heterocycles. The first-order chi connectivity index (χ1) is 11.7. The number of fused-ring (bicyclic) bond motifs is 3. The Kier molecular flexibility index (Phi) is 3.31. The summed E-state index contributed by atoms with van der Waals surface area (Å²) in [4.78, 5) is 18.4. The smallest absolute Gasteiger partial charge is 0.254 e. The van der Waals surface area contributed by atoms with Crippen LogP contribution in [0.5, 0.6) is 0 Å². The van der Waals surface area contributed by atoms with E-state index in [4.69, 9.17) is 0 Å². The molecule has 1 amide bonds. The van der Waals surface area contributed by atoms with Gasteiger partial charge in [0, 0.05) is 24.6 Å². The van der Waals surface area contributed by atoms with Crippen molar-refractivity contribution >= 4 is 5.91 Å². The van der Waals surface area contributed by atoms with Crippen molar-refractivity contribution in [2.24, 2.45) is 5.92 Å². The first-order valence-electron chi connectivity index (χ1n) is 9.89. The zero-order valence-corrected chi connectivity index (χ0v) is 14.8. The number of carbonyl (C=O) groups excluding carboxylic acids is 1. The summed E-state index contributed by atoms with van der Waals surface area (Å²) in [6, 6.07) is 6.45. The number of nitrogens with zero attached hydrogens (tertiary/aromatic N) is 2. The predicted octanol–water partition coefficient (Wildman–Crippen LogP) is 3.44. The molecular weight excluding hydrogens is 296 g/mol. The molecule has 5 aliphatic rings. The molecule has 0 aromatic heterocycles. The normalized spacial score (nSPS) is 37.5. The molecule has 0 spiro atoms. The highest BCUT2D eigenvalue weighted by atomic mass is 16.2. The van der Waals surface area contributed by atoms with E-state index in [1.807, 2.05) is 0 Å². The van der Waals surface area contributed by atoms with Crippen LogP contribution in [0.4, 0.5) is 0 Å². The number of amides is 1. The molecule has 3 saturated heterocycles. The fourth-order valence-electron chi connectivity index (χ4n) is 6.24. The molecule has 128 valence electrons. The Morgan fingerprint density at radius 2 is 2.04 bits per heavy atom. The average molecular weight is 324 g/mol. The van der Waals surface area contributed by atoms with Gasteiger partial charge in [-0.25, -0.2) is 0 Å². The summed E-state index contributed by atoms with van der Waals surface area (Å²) in [5, 5.41) is 0. The highest BCUT2D eigenvalue weighted by Gasteiger charge is 2.52. The number of carbonyl (C=O) groups is 1. The van der Waals surface area contributed by atoms with Crippen LogP contribution < -0.4 is 0 Å². The van der Waals surface area contributed by atoms with Gasteiger partial charge in [0.2, 0.25) is 0 Å². The summed E-state index contributed by atoms with van der Waals surface area (Å²) in [6.07, 6.45) is 7.33. The van der Waals surface area contributed by atoms with E-state index in [0.29, 0.717) is 17.7 Å². The minimum Gasteiger partial charge on any atom is -0.331 e. The molecule has 1 aromatic carbocycles. The van der Waals surface area contributed by atoms with E-state index >= 15 is 0 Å². The molecule has 24 heavy (non-hydrogen) atoms. The summed E-state index contributed by atoms with van der Waals surface area (Å²) in [7, 11) is 0. The molecule has 2 atom stereocenters. The molecule has 0 unspecified atom stereocenters. The van der Waals surface area contributed by atoms with Crippen LogP contribution >= 0.6 is 0 Å². The van der Waals surface area contributed by atoms with Crippen molar-refractivity contribution in [1.29, 1.82) is 0 Å². The molecule has 2 bridgehead atoms. The lowest BCUT2D eigenvalue weighted by molar-refractivity contribution is -0.0647. The van der Waals surface area contributed by atoms with Crippen LogP contribution in [0.1, 0.15) is 66.4 Å². The number of hydrogen-bond acceptors (Lipinski definition) is 2. The van der Waals surface area contributed by atoms with E-state index in [2.05, 4.69) is 34.9 Å². The van der Waals surface area contributed by atoms with Crippen molar-refractivity contribution in [1.82, 2.24) is 9.80 Å². The molecule has 1 aromatic rings. The molecule has 0 radical (unpaired) electrons. The average Bonchev–Trinajstić information content (AvgIpc) is 2.65. The number of rotatable bonds is 2. The predicted molar refractivity (Wildman–Crippen MR) is 95.3 cm³/mol. The fourth-order valence-corrected chi connectivity index (χ4v) is 6.24. The maximum atomic E-state index is 13.5. The van der Waals surface area contributed by atoms with Crippen LogP contribution in [-0.2, 0) is 6.42 Å². The van der Waals surface area contributed by atoms with Crippen molar-refractivity contribution in [3.63, 3.8) is 0 Å². The monoisotopic (exact) mass is 324 g/mol. The van der Waals surface area contributed by atoms with Gasteiger partial charge in [-0.05, 0) is 74.7 Å². The van der Waals surface area contributed by atoms with Crippen molar-refractivity contribution in [2.45, 2.75) is 56.9 Å².